The van der Waals surface area contributed by atoms with Gasteiger partial charge in [-0.2, -0.15) is 0 Å². The van der Waals surface area contributed by atoms with Crippen molar-refractivity contribution in [2.75, 3.05) is 30.4 Å². The molecule has 0 fully saturated rings. The quantitative estimate of drug-likeness (QED) is 0.844. The van der Waals surface area contributed by atoms with Crippen molar-refractivity contribution in [1.82, 2.24) is 4.90 Å². The smallest absolute Gasteiger partial charge is 0.321 e. The summed E-state index contributed by atoms with van der Waals surface area (Å²) >= 11 is 0. The number of amides is 2. The van der Waals surface area contributed by atoms with Crippen LogP contribution in [0.5, 0.6) is 0 Å². The largest absolute Gasteiger partial charge is 0.389 e. The minimum atomic E-state index is -0.984. The summed E-state index contributed by atoms with van der Waals surface area (Å²) < 4.78 is 14.2. The first-order valence-corrected chi connectivity index (χ1v) is 7.86. The van der Waals surface area contributed by atoms with Crippen molar-refractivity contribution in [3.8, 4) is 0 Å². The maximum Gasteiger partial charge on any atom is 0.321 e. The summed E-state index contributed by atoms with van der Waals surface area (Å²) in [4.78, 5) is 15.5. The molecule has 0 atom stereocenters. The summed E-state index contributed by atoms with van der Waals surface area (Å²) in [5, 5.41) is 12.5. The minimum absolute atomic E-state index is 0.173. The van der Waals surface area contributed by atoms with Crippen LogP contribution in [0.4, 0.5) is 20.6 Å². The average Bonchev–Trinajstić information content (AvgIpc) is 2.43. The van der Waals surface area contributed by atoms with Gasteiger partial charge in [0, 0.05) is 25.3 Å². The van der Waals surface area contributed by atoms with Gasteiger partial charge in [0.15, 0.2) is 0 Å². The van der Waals surface area contributed by atoms with Crippen LogP contribution in [-0.2, 0) is 0 Å². The van der Waals surface area contributed by atoms with Crippen molar-refractivity contribution in [2.24, 2.45) is 0 Å². The van der Waals surface area contributed by atoms with E-state index in [0.717, 1.165) is 0 Å². The highest BCUT2D eigenvalue weighted by Crippen LogP contribution is 2.23. The molecular weight excluding hydrogens is 297 g/mol. The second-order valence-corrected chi connectivity index (χ2v) is 6.63. The highest BCUT2D eigenvalue weighted by molar-refractivity contribution is 5.89. The van der Waals surface area contributed by atoms with E-state index in [4.69, 9.17) is 0 Å². The Hall–Kier alpha value is -1.82. The van der Waals surface area contributed by atoms with Crippen molar-refractivity contribution in [1.29, 1.82) is 0 Å². The van der Waals surface area contributed by atoms with Gasteiger partial charge in [0.2, 0.25) is 0 Å². The number of anilines is 2. The third-order valence-corrected chi connectivity index (χ3v) is 3.60. The fraction of sp³-hybridized carbons (Fsp3) is 0.588. The fourth-order valence-electron chi connectivity index (χ4n) is 2.15. The van der Waals surface area contributed by atoms with E-state index in [0.29, 0.717) is 17.9 Å². The summed E-state index contributed by atoms with van der Waals surface area (Å²) in [5.74, 6) is -0.385. The lowest BCUT2D eigenvalue weighted by atomic mass is 10.1. The lowest BCUT2D eigenvalue weighted by Crippen LogP contribution is -2.44. The van der Waals surface area contributed by atoms with Crippen LogP contribution < -0.4 is 10.2 Å². The lowest BCUT2D eigenvalue weighted by Gasteiger charge is -2.28. The zero-order valence-electron chi connectivity index (χ0n) is 14.9. The second-order valence-electron chi connectivity index (χ2n) is 6.63. The maximum absolute atomic E-state index is 14.2. The summed E-state index contributed by atoms with van der Waals surface area (Å²) in [6.45, 7) is 9.71. The number of nitrogens with zero attached hydrogens (tertiary/aromatic N) is 2. The molecule has 0 saturated carbocycles. The van der Waals surface area contributed by atoms with E-state index in [-0.39, 0.29) is 24.4 Å². The van der Waals surface area contributed by atoms with Crippen molar-refractivity contribution in [3.05, 3.63) is 24.0 Å². The van der Waals surface area contributed by atoms with Crippen LogP contribution in [-0.4, -0.2) is 47.8 Å². The standard InChI is InChI=1S/C17H28FN3O2/c1-7-21(11-17(4,5)23)16(22)19-13-8-9-15(14(18)10-13)20(6)12(2)3/h8-10,12,23H,7,11H2,1-6H3,(H,19,22). The Morgan fingerprint density at radius 3 is 2.43 bits per heavy atom. The second kappa shape index (κ2) is 7.64. The van der Waals surface area contributed by atoms with E-state index in [9.17, 15) is 14.3 Å². The van der Waals surface area contributed by atoms with Crippen molar-refractivity contribution < 1.29 is 14.3 Å². The molecule has 0 aliphatic carbocycles. The first-order chi connectivity index (χ1) is 10.5. The zero-order chi connectivity index (χ0) is 17.8. The predicted molar refractivity (Wildman–Crippen MR) is 92.5 cm³/mol. The van der Waals surface area contributed by atoms with E-state index >= 15 is 0 Å². The van der Waals surface area contributed by atoms with Crippen LogP contribution in [0.25, 0.3) is 0 Å². The minimum Gasteiger partial charge on any atom is -0.389 e. The van der Waals surface area contributed by atoms with Crippen molar-refractivity contribution >= 4 is 17.4 Å². The van der Waals surface area contributed by atoms with Gasteiger partial charge in [-0.3, -0.25) is 0 Å². The Labute approximate surface area is 138 Å². The Balaban J connectivity index is 2.85. The number of carbonyl (C=O) groups excluding carboxylic acids is 1. The van der Waals surface area contributed by atoms with Gasteiger partial charge in [-0.05, 0) is 52.8 Å². The van der Waals surface area contributed by atoms with Crippen molar-refractivity contribution in [3.63, 3.8) is 0 Å². The lowest BCUT2D eigenvalue weighted by molar-refractivity contribution is 0.0501. The van der Waals surface area contributed by atoms with Gasteiger partial charge in [-0.1, -0.05) is 0 Å². The number of carbonyl (C=O) groups is 1. The van der Waals surface area contributed by atoms with Gasteiger partial charge in [-0.15, -0.1) is 0 Å². The number of hydrogen-bond acceptors (Lipinski definition) is 3. The third-order valence-electron chi connectivity index (χ3n) is 3.60. The average molecular weight is 325 g/mol. The first kappa shape index (κ1) is 19.2. The molecule has 130 valence electrons. The molecule has 0 spiro atoms. The molecule has 2 N–H and O–H groups in total. The third kappa shape index (κ3) is 5.71. The highest BCUT2D eigenvalue weighted by atomic mass is 19.1. The number of urea groups is 1. The van der Waals surface area contributed by atoms with E-state index in [1.807, 2.05) is 32.7 Å². The van der Waals surface area contributed by atoms with Gasteiger partial charge in [0.1, 0.15) is 5.82 Å². The molecule has 0 aromatic heterocycles. The van der Waals surface area contributed by atoms with Crippen LogP contribution in [0.1, 0.15) is 34.6 Å². The molecule has 0 aliphatic rings. The SMILES string of the molecule is CCN(CC(C)(C)O)C(=O)Nc1ccc(N(C)C(C)C)c(F)c1. The topological polar surface area (TPSA) is 55.8 Å². The molecule has 5 nitrogen and oxygen atoms in total. The molecule has 1 aromatic carbocycles. The molecule has 0 saturated heterocycles. The Morgan fingerprint density at radius 1 is 1.39 bits per heavy atom. The van der Waals surface area contributed by atoms with Gasteiger partial charge in [0.25, 0.3) is 0 Å². The van der Waals surface area contributed by atoms with Gasteiger partial charge in [0.05, 0.1) is 17.8 Å². The van der Waals surface area contributed by atoms with Crippen LogP contribution in [0.15, 0.2) is 18.2 Å². The normalized spacial score (nSPS) is 11.5. The summed E-state index contributed by atoms with van der Waals surface area (Å²) in [7, 11) is 1.82. The van der Waals surface area contributed by atoms with E-state index < -0.39 is 5.60 Å². The maximum atomic E-state index is 14.2. The number of aliphatic hydroxyl groups is 1. The summed E-state index contributed by atoms with van der Waals surface area (Å²) in [6.07, 6.45) is 0. The van der Waals surface area contributed by atoms with Gasteiger partial charge >= 0.3 is 6.03 Å². The molecule has 0 bridgehead atoms. The monoisotopic (exact) mass is 325 g/mol. The summed E-state index contributed by atoms with van der Waals surface area (Å²) in [5.41, 5.74) is -0.105. The van der Waals surface area contributed by atoms with E-state index in [1.54, 1.807) is 26.0 Å². The van der Waals surface area contributed by atoms with Crippen LogP contribution in [0.3, 0.4) is 0 Å². The molecule has 0 unspecified atom stereocenters. The number of nitrogens with one attached hydrogen (secondary N) is 1. The number of benzene rings is 1. The van der Waals surface area contributed by atoms with E-state index in [1.165, 1.54) is 11.0 Å². The number of hydrogen-bond donors (Lipinski definition) is 2. The number of halogens is 1. The Bertz CT molecular complexity index is 541. The fourth-order valence-corrected chi connectivity index (χ4v) is 2.15. The predicted octanol–water partition coefficient (Wildman–Crippen LogP) is 3.30. The van der Waals surface area contributed by atoms with Crippen LogP contribution in [0.2, 0.25) is 0 Å². The van der Waals surface area contributed by atoms with Crippen LogP contribution >= 0.6 is 0 Å². The molecule has 1 rings (SSSR count). The number of likely N-dealkylation sites (N-methyl/N-ethyl adjacent to an activating group) is 1. The van der Waals surface area contributed by atoms with Crippen molar-refractivity contribution in [2.45, 2.75) is 46.3 Å². The molecular formula is C17H28FN3O2. The Kier molecular flexibility index (Phi) is 6.38. The molecule has 6 heteroatoms. The number of rotatable bonds is 6. The molecule has 1 aromatic rings. The molecule has 0 heterocycles. The summed E-state index contributed by atoms with van der Waals surface area (Å²) in [6, 6.07) is 4.44. The van der Waals surface area contributed by atoms with Gasteiger partial charge in [-0.25, -0.2) is 9.18 Å². The molecule has 0 radical (unpaired) electrons. The zero-order valence-corrected chi connectivity index (χ0v) is 14.9. The van der Waals surface area contributed by atoms with Gasteiger partial charge < -0.3 is 20.2 Å². The molecule has 2 amide bonds. The first-order valence-electron chi connectivity index (χ1n) is 7.86. The van der Waals surface area contributed by atoms with E-state index in [2.05, 4.69) is 5.32 Å². The highest BCUT2D eigenvalue weighted by Gasteiger charge is 2.21. The molecule has 0 aliphatic heterocycles. The van der Waals surface area contributed by atoms with Crippen LogP contribution in [0, 0.1) is 5.82 Å². The Morgan fingerprint density at radius 2 is 2.00 bits per heavy atom. The molecule has 23 heavy (non-hydrogen) atoms.